The first-order chi connectivity index (χ1) is 4.73. The van der Waals surface area contributed by atoms with Crippen LogP contribution in [-0.4, -0.2) is 11.7 Å². The molecule has 0 bridgehead atoms. The van der Waals surface area contributed by atoms with Gasteiger partial charge in [0.2, 0.25) is 0 Å². The number of hydrogen-bond acceptors (Lipinski definition) is 1. The summed E-state index contributed by atoms with van der Waals surface area (Å²) in [5, 5.41) is 9.03. The lowest BCUT2D eigenvalue weighted by Crippen LogP contribution is -2.23. The van der Waals surface area contributed by atoms with E-state index in [-0.39, 0.29) is 0 Å². The normalized spacial score (nSPS) is 40.5. The minimum absolute atomic E-state index is 0.393. The van der Waals surface area contributed by atoms with E-state index in [0.29, 0.717) is 17.9 Å². The number of aliphatic hydroxyl groups is 1. The van der Waals surface area contributed by atoms with Gasteiger partial charge in [-0.05, 0) is 24.2 Å². The highest BCUT2D eigenvalue weighted by Crippen LogP contribution is 2.44. The van der Waals surface area contributed by atoms with Crippen LogP contribution in [0.4, 0.5) is 0 Å². The van der Waals surface area contributed by atoms with E-state index in [4.69, 9.17) is 5.11 Å². The molecule has 1 aliphatic carbocycles. The van der Waals surface area contributed by atoms with E-state index in [2.05, 4.69) is 13.8 Å². The largest absolute Gasteiger partial charge is 0.396 e. The quantitative estimate of drug-likeness (QED) is 0.626. The maximum Gasteiger partial charge on any atom is 0.0464 e. The predicted octanol–water partition coefficient (Wildman–Crippen LogP) is 2.20. The van der Waals surface area contributed by atoms with Crippen molar-refractivity contribution in [2.75, 3.05) is 6.61 Å². The molecular weight excluding hydrogens is 124 g/mol. The maximum absolute atomic E-state index is 9.03. The Morgan fingerprint density at radius 1 is 1.60 bits per heavy atom. The predicted molar refractivity (Wildman–Crippen MR) is 42.8 cm³/mol. The lowest BCUT2D eigenvalue weighted by atomic mass is 9.78. The van der Waals surface area contributed by atoms with E-state index >= 15 is 0 Å². The minimum atomic E-state index is 0.393. The van der Waals surface area contributed by atoms with Crippen molar-refractivity contribution in [3.05, 3.63) is 0 Å². The Balaban J connectivity index is 2.56. The van der Waals surface area contributed by atoms with Gasteiger partial charge in [0.25, 0.3) is 0 Å². The first-order valence-electron chi connectivity index (χ1n) is 4.34. The van der Waals surface area contributed by atoms with Crippen LogP contribution in [0.15, 0.2) is 0 Å². The van der Waals surface area contributed by atoms with Crippen LogP contribution >= 0.6 is 0 Å². The van der Waals surface area contributed by atoms with Crippen LogP contribution in [0.2, 0.25) is 0 Å². The summed E-state index contributed by atoms with van der Waals surface area (Å²) >= 11 is 0. The zero-order valence-corrected chi connectivity index (χ0v) is 7.06. The van der Waals surface area contributed by atoms with Crippen LogP contribution in [0.5, 0.6) is 0 Å². The second kappa shape index (κ2) is 2.91. The topological polar surface area (TPSA) is 20.2 Å². The van der Waals surface area contributed by atoms with Gasteiger partial charge < -0.3 is 5.11 Å². The van der Waals surface area contributed by atoms with Gasteiger partial charge in [-0.15, -0.1) is 0 Å². The standard InChI is InChI=1S/C9H18O/c1-3-9(2)6-4-5-8(9)7-10/h8,10H,3-7H2,1-2H3. The molecule has 0 aromatic rings. The minimum Gasteiger partial charge on any atom is -0.396 e. The first-order valence-corrected chi connectivity index (χ1v) is 4.34. The Kier molecular flexibility index (Phi) is 2.35. The highest BCUT2D eigenvalue weighted by Gasteiger charge is 2.36. The molecule has 1 aliphatic rings. The first kappa shape index (κ1) is 8.06. The third kappa shape index (κ3) is 1.20. The molecule has 0 amide bonds. The molecule has 0 radical (unpaired) electrons. The van der Waals surface area contributed by atoms with Gasteiger partial charge in [-0.2, -0.15) is 0 Å². The van der Waals surface area contributed by atoms with E-state index in [1.54, 1.807) is 0 Å². The molecule has 60 valence electrons. The SMILES string of the molecule is CCC1(C)CCCC1CO. The zero-order valence-electron chi connectivity index (χ0n) is 7.06. The van der Waals surface area contributed by atoms with Crippen LogP contribution in [0, 0.1) is 11.3 Å². The molecule has 1 nitrogen and oxygen atoms in total. The van der Waals surface area contributed by atoms with Crippen LogP contribution in [0.1, 0.15) is 39.5 Å². The van der Waals surface area contributed by atoms with Crippen LogP contribution in [0.25, 0.3) is 0 Å². The van der Waals surface area contributed by atoms with Gasteiger partial charge in [-0.1, -0.05) is 26.7 Å². The molecule has 1 rings (SSSR count). The average molecular weight is 142 g/mol. The molecule has 1 fully saturated rings. The van der Waals surface area contributed by atoms with Gasteiger partial charge in [0.1, 0.15) is 0 Å². The Bertz CT molecular complexity index is 111. The van der Waals surface area contributed by atoms with Crippen LogP contribution < -0.4 is 0 Å². The smallest absolute Gasteiger partial charge is 0.0464 e. The van der Waals surface area contributed by atoms with Crippen molar-refractivity contribution in [2.24, 2.45) is 11.3 Å². The van der Waals surface area contributed by atoms with E-state index in [0.717, 1.165) is 0 Å². The fourth-order valence-corrected chi connectivity index (χ4v) is 2.08. The van der Waals surface area contributed by atoms with Crippen molar-refractivity contribution in [1.29, 1.82) is 0 Å². The van der Waals surface area contributed by atoms with Gasteiger partial charge in [0, 0.05) is 6.61 Å². The summed E-state index contributed by atoms with van der Waals surface area (Å²) in [4.78, 5) is 0. The van der Waals surface area contributed by atoms with Crippen molar-refractivity contribution in [2.45, 2.75) is 39.5 Å². The summed E-state index contributed by atoms with van der Waals surface area (Å²) in [7, 11) is 0. The third-order valence-electron chi connectivity index (χ3n) is 3.31. The summed E-state index contributed by atoms with van der Waals surface area (Å²) < 4.78 is 0. The molecule has 1 N–H and O–H groups in total. The molecule has 0 aliphatic heterocycles. The molecule has 0 aromatic carbocycles. The molecular formula is C9H18O. The molecule has 1 heteroatoms. The van der Waals surface area contributed by atoms with E-state index < -0.39 is 0 Å². The van der Waals surface area contributed by atoms with Crippen LogP contribution in [0.3, 0.4) is 0 Å². The fourth-order valence-electron chi connectivity index (χ4n) is 2.08. The number of rotatable bonds is 2. The summed E-state index contributed by atoms with van der Waals surface area (Å²) in [6, 6.07) is 0. The van der Waals surface area contributed by atoms with E-state index in [1.165, 1.54) is 25.7 Å². The van der Waals surface area contributed by atoms with Gasteiger partial charge in [-0.3, -0.25) is 0 Å². The number of hydrogen-bond donors (Lipinski definition) is 1. The van der Waals surface area contributed by atoms with Crippen molar-refractivity contribution in [3.63, 3.8) is 0 Å². The summed E-state index contributed by atoms with van der Waals surface area (Å²) in [5.74, 6) is 0.581. The van der Waals surface area contributed by atoms with E-state index in [1.807, 2.05) is 0 Å². The van der Waals surface area contributed by atoms with Crippen LogP contribution in [-0.2, 0) is 0 Å². The zero-order chi connectivity index (χ0) is 7.61. The fraction of sp³-hybridized carbons (Fsp3) is 1.00. The second-order valence-corrected chi connectivity index (χ2v) is 3.78. The molecule has 10 heavy (non-hydrogen) atoms. The molecule has 2 atom stereocenters. The van der Waals surface area contributed by atoms with Gasteiger partial charge in [-0.25, -0.2) is 0 Å². The van der Waals surface area contributed by atoms with Gasteiger partial charge >= 0.3 is 0 Å². The monoisotopic (exact) mass is 142 g/mol. The lowest BCUT2D eigenvalue weighted by molar-refractivity contribution is 0.127. The Labute approximate surface area is 63.4 Å². The Hall–Kier alpha value is -0.0400. The van der Waals surface area contributed by atoms with E-state index in [9.17, 15) is 0 Å². The molecule has 0 aromatic heterocycles. The van der Waals surface area contributed by atoms with Crippen molar-refractivity contribution >= 4 is 0 Å². The maximum atomic E-state index is 9.03. The molecule has 2 unspecified atom stereocenters. The summed E-state index contributed by atoms with van der Waals surface area (Å²) in [5.41, 5.74) is 0.453. The van der Waals surface area contributed by atoms with Crippen molar-refractivity contribution in [1.82, 2.24) is 0 Å². The number of aliphatic hydroxyl groups excluding tert-OH is 1. The Morgan fingerprint density at radius 3 is 2.70 bits per heavy atom. The summed E-state index contributed by atoms with van der Waals surface area (Å²) in [6.45, 7) is 4.93. The molecule has 0 heterocycles. The third-order valence-corrected chi connectivity index (χ3v) is 3.31. The average Bonchev–Trinajstić information content (AvgIpc) is 2.32. The second-order valence-electron chi connectivity index (χ2n) is 3.78. The van der Waals surface area contributed by atoms with Crippen molar-refractivity contribution < 1.29 is 5.11 Å². The molecule has 0 saturated heterocycles. The highest BCUT2D eigenvalue weighted by atomic mass is 16.3. The Morgan fingerprint density at radius 2 is 2.30 bits per heavy atom. The van der Waals surface area contributed by atoms with Gasteiger partial charge in [0.15, 0.2) is 0 Å². The lowest BCUT2D eigenvalue weighted by Gasteiger charge is -2.28. The molecule has 1 saturated carbocycles. The molecule has 0 spiro atoms. The highest BCUT2D eigenvalue weighted by molar-refractivity contribution is 4.86. The van der Waals surface area contributed by atoms with Crippen molar-refractivity contribution in [3.8, 4) is 0 Å². The summed E-state index contributed by atoms with van der Waals surface area (Å²) in [6.07, 6.45) is 5.09. The van der Waals surface area contributed by atoms with Gasteiger partial charge in [0.05, 0.1) is 0 Å².